The van der Waals surface area contributed by atoms with Crippen LogP contribution in [0.2, 0.25) is 0 Å². The Hall–Kier alpha value is -1.99. The second-order valence-corrected chi connectivity index (χ2v) is 4.10. The van der Waals surface area contributed by atoms with Gasteiger partial charge in [-0.05, 0) is 17.8 Å². The van der Waals surface area contributed by atoms with Crippen molar-refractivity contribution in [2.24, 2.45) is 5.92 Å². The van der Waals surface area contributed by atoms with Crippen molar-refractivity contribution in [2.45, 2.75) is 33.4 Å². The van der Waals surface area contributed by atoms with E-state index >= 15 is 0 Å². The van der Waals surface area contributed by atoms with Crippen molar-refractivity contribution in [1.82, 2.24) is 20.1 Å². The molecule has 94 valence electrons. The maximum atomic E-state index is 11.5. The first-order valence-electron chi connectivity index (χ1n) is 5.23. The van der Waals surface area contributed by atoms with Gasteiger partial charge in [0, 0.05) is 11.1 Å². The van der Waals surface area contributed by atoms with Gasteiger partial charge >= 0.3 is 5.95 Å². The van der Waals surface area contributed by atoms with Crippen LogP contribution in [-0.2, 0) is 11.3 Å². The highest BCUT2D eigenvalue weighted by Gasteiger charge is 2.16. The molecule has 1 N–H and O–H groups in total. The van der Waals surface area contributed by atoms with Crippen molar-refractivity contribution < 1.29 is 9.72 Å². The fraction of sp³-hybridized carbons (Fsp3) is 0.667. The molecule has 0 aromatic carbocycles. The molecule has 0 aliphatic heterocycles. The fourth-order valence-electron chi connectivity index (χ4n) is 1.06. The summed E-state index contributed by atoms with van der Waals surface area (Å²) in [4.78, 5) is 24.6. The van der Waals surface area contributed by atoms with Crippen LogP contribution in [0, 0.1) is 16.0 Å². The molecule has 0 aliphatic carbocycles. The zero-order valence-corrected chi connectivity index (χ0v) is 9.95. The molecule has 0 spiro atoms. The standard InChI is InChI=1S/C9H15N5O3/c1-6(2)7(3)11-8(15)4-13-5-10-9(12-13)14(16)17/h5-7H,4H2,1-3H3,(H,11,15)/t7-/m1/s1. The minimum atomic E-state index is -0.703. The van der Waals surface area contributed by atoms with Crippen LogP contribution in [0.3, 0.4) is 0 Å². The molecule has 1 rings (SSSR count). The first-order valence-corrected chi connectivity index (χ1v) is 5.23. The van der Waals surface area contributed by atoms with Gasteiger partial charge in [-0.25, -0.2) is 0 Å². The van der Waals surface area contributed by atoms with Crippen molar-refractivity contribution in [1.29, 1.82) is 0 Å². The van der Waals surface area contributed by atoms with E-state index in [9.17, 15) is 14.9 Å². The lowest BCUT2D eigenvalue weighted by Gasteiger charge is -2.16. The van der Waals surface area contributed by atoms with Gasteiger partial charge in [0.05, 0.1) is 0 Å². The van der Waals surface area contributed by atoms with Gasteiger partial charge < -0.3 is 15.4 Å². The number of hydrogen-bond acceptors (Lipinski definition) is 5. The van der Waals surface area contributed by atoms with Gasteiger partial charge in [0.2, 0.25) is 12.2 Å². The second kappa shape index (κ2) is 5.37. The highest BCUT2D eigenvalue weighted by molar-refractivity contribution is 5.75. The van der Waals surface area contributed by atoms with Gasteiger partial charge in [-0.2, -0.15) is 4.68 Å². The first kappa shape index (κ1) is 13.1. The van der Waals surface area contributed by atoms with Gasteiger partial charge in [-0.3, -0.25) is 4.79 Å². The van der Waals surface area contributed by atoms with Crippen LogP contribution >= 0.6 is 0 Å². The minimum absolute atomic E-state index is 0.0426. The number of rotatable bonds is 5. The van der Waals surface area contributed by atoms with E-state index in [0.29, 0.717) is 5.92 Å². The van der Waals surface area contributed by atoms with Crippen molar-refractivity contribution in [3.63, 3.8) is 0 Å². The maximum absolute atomic E-state index is 11.5. The number of hydrogen-bond donors (Lipinski definition) is 1. The number of aromatic nitrogens is 3. The van der Waals surface area contributed by atoms with Crippen LogP contribution in [0.1, 0.15) is 20.8 Å². The smallest absolute Gasteiger partial charge is 0.390 e. The predicted octanol–water partition coefficient (Wildman–Crippen LogP) is 0.347. The van der Waals surface area contributed by atoms with E-state index < -0.39 is 10.9 Å². The van der Waals surface area contributed by atoms with Gasteiger partial charge in [-0.15, -0.1) is 0 Å². The Labute approximate surface area is 98.2 Å². The lowest BCUT2D eigenvalue weighted by molar-refractivity contribution is -0.394. The Morgan fingerprint density at radius 3 is 2.71 bits per heavy atom. The van der Waals surface area contributed by atoms with E-state index in [-0.39, 0.29) is 18.5 Å². The van der Waals surface area contributed by atoms with Crippen LogP contribution < -0.4 is 5.32 Å². The first-order chi connectivity index (χ1) is 7.90. The highest BCUT2D eigenvalue weighted by atomic mass is 16.6. The minimum Gasteiger partial charge on any atom is -0.390 e. The lowest BCUT2D eigenvalue weighted by Crippen LogP contribution is -2.38. The van der Waals surface area contributed by atoms with Gasteiger partial charge in [-0.1, -0.05) is 18.8 Å². The van der Waals surface area contributed by atoms with Gasteiger partial charge in [0.25, 0.3) is 0 Å². The summed E-state index contributed by atoms with van der Waals surface area (Å²) in [7, 11) is 0. The molecule has 0 radical (unpaired) electrons. The Kier molecular flexibility index (Phi) is 4.13. The third-order valence-corrected chi connectivity index (χ3v) is 2.38. The van der Waals surface area contributed by atoms with Gasteiger partial charge in [0.1, 0.15) is 6.54 Å². The van der Waals surface area contributed by atoms with Crippen molar-refractivity contribution in [3.8, 4) is 0 Å². The molecule has 8 heteroatoms. The van der Waals surface area contributed by atoms with E-state index in [4.69, 9.17) is 0 Å². The Morgan fingerprint density at radius 2 is 2.24 bits per heavy atom. The molecule has 1 atom stereocenters. The summed E-state index contributed by atoms with van der Waals surface area (Å²) in [5.41, 5.74) is 0. The summed E-state index contributed by atoms with van der Waals surface area (Å²) in [6.07, 6.45) is 1.16. The summed E-state index contributed by atoms with van der Waals surface area (Å²) < 4.78 is 1.14. The average Bonchev–Trinajstić information content (AvgIpc) is 2.65. The fourth-order valence-corrected chi connectivity index (χ4v) is 1.06. The summed E-state index contributed by atoms with van der Waals surface area (Å²) in [6.45, 7) is 5.81. The van der Waals surface area contributed by atoms with E-state index in [1.54, 1.807) is 0 Å². The van der Waals surface area contributed by atoms with E-state index in [1.165, 1.54) is 0 Å². The molecule has 1 aromatic heterocycles. The Morgan fingerprint density at radius 1 is 1.59 bits per heavy atom. The van der Waals surface area contributed by atoms with Crippen LogP contribution in [0.5, 0.6) is 0 Å². The third-order valence-electron chi connectivity index (χ3n) is 2.38. The average molecular weight is 241 g/mol. The molecule has 0 aliphatic rings. The topological polar surface area (TPSA) is 103 Å². The summed E-state index contributed by atoms with van der Waals surface area (Å²) in [6, 6.07) is 0.0426. The molecule has 1 amide bonds. The number of nitrogens with zero attached hydrogens (tertiary/aromatic N) is 4. The maximum Gasteiger partial charge on any atom is 0.490 e. The third kappa shape index (κ3) is 3.82. The number of amides is 1. The van der Waals surface area contributed by atoms with E-state index in [1.807, 2.05) is 20.8 Å². The molecule has 0 saturated heterocycles. The highest BCUT2D eigenvalue weighted by Crippen LogP contribution is 2.01. The summed E-state index contributed by atoms with van der Waals surface area (Å²) in [5, 5.41) is 16.7. The Bertz CT molecular complexity index is 415. The summed E-state index contributed by atoms with van der Waals surface area (Å²) >= 11 is 0. The Balaban J connectivity index is 2.53. The molecular weight excluding hydrogens is 226 g/mol. The number of nitrogens with one attached hydrogen (secondary N) is 1. The van der Waals surface area contributed by atoms with Crippen LogP contribution in [0.15, 0.2) is 6.33 Å². The van der Waals surface area contributed by atoms with Crippen molar-refractivity contribution in [3.05, 3.63) is 16.4 Å². The van der Waals surface area contributed by atoms with E-state index in [0.717, 1.165) is 11.0 Å². The largest absolute Gasteiger partial charge is 0.490 e. The monoisotopic (exact) mass is 241 g/mol. The molecule has 0 bridgehead atoms. The molecule has 0 unspecified atom stereocenters. The van der Waals surface area contributed by atoms with Crippen LogP contribution in [0.25, 0.3) is 0 Å². The molecule has 8 nitrogen and oxygen atoms in total. The lowest BCUT2D eigenvalue weighted by atomic mass is 10.1. The summed E-state index contributed by atoms with van der Waals surface area (Å²) in [5.74, 6) is -0.426. The quantitative estimate of drug-likeness (QED) is 0.591. The zero-order chi connectivity index (χ0) is 13.0. The normalized spacial score (nSPS) is 12.5. The van der Waals surface area contributed by atoms with Crippen molar-refractivity contribution in [2.75, 3.05) is 0 Å². The molecular formula is C9H15N5O3. The second-order valence-electron chi connectivity index (χ2n) is 4.10. The van der Waals surface area contributed by atoms with E-state index in [2.05, 4.69) is 15.4 Å². The molecule has 0 fully saturated rings. The molecule has 17 heavy (non-hydrogen) atoms. The zero-order valence-electron chi connectivity index (χ0n) is 9.95. The number of carbonyl (C=O) groups is 1. The molecule has 1 heterocycles. The SMILES string of the molecule is CC(C)[C@@H](C)NC(=O)Cn1cnc([N+](=O)[O-])n1. The number of carbonyl (C=O) groups excluding carboxylic acids is 1. The molecule has 0 saturated carbocycles. The van der Waals surface area contributed by atoms with Crippen LogP contribution in [0.4, 0.5) is 5.95 Å². The molecule has 1 aromatic rings. The van der Waals surface area contributed by atoms with Crippen molar-refractivity contribution >= 4 is 11.9 Å². The van der Waals surface area contributed by atoms with Crippen LogP contribution in [-0.4, -0.2) is 31.6 Å². The number of nitro groups is 1. The predicted molar refractivity (Wildman–Crippen MR) is 59.1 cm³/mol. The van der Waals surface area contributed by atoms with Gasteiger partial charge in [0.15, 0.2) is 0 Å².